The summed E-state index contributed by atoms with van der Waals surface area (Å²) in [5, 5.41) is 2.80. The van der Waals surface area contributed by atoms with Crippen LogP contribution in [0, 0.1) is 0 Å². The highest BCUT2D eigenvalue weighted by Crippen LogP contribution is 2.50. The van der Waals surface area contributed by atoms with Crippen molar-refractivity contribution in [1.29, 1.82) is 0 Å². The van der Waals surface area contributed by atoms with Crippen LogP contribution in [0.3, 0.4) is 0 Å². The first-order chi connectivity index (χ1) is 35.2. The minimum Gasteiger partial charge on any atom is -0.311 e. The van der Waals surface area contributed by atoms with E-state index in [0.29, 0.717) is 11.8 Å². The predicted octanol–water partition coefficient (Wildman–Crippen LogP) is 18.2. The largest absolute Gasteiger partial charge is 0.311 e. The van der Waals surface area contributed by atoms with Gasteiger partial charge in [-0.2, -0.15) is 0 Å². The first-order valence-corrected chi connectivity index (χ1v) is 28.6. The molecule has 74 heavy (non-hydrogen) atoms. The third-order valence-electron chi connectivity index (χ3n) is 18.0. The summed E-state index contributed by atoms with van der Waals surface area (Å²) < 4.78 is 2.68. The van der Waals surface area contributed by atoms with Gasteiger partial charge in [0.1, 0.15) is 0 Å². The highest BCUT2D eigenvalue weighted by Gasteiger charge is 2.46. The fourth-order valence-corrected chi connectivity index (χ4v) is 13.6. The topological polar surface area (TPSA) is 11.4 Å². The van der Waals surface area contributed by atoms with Gasteiger partial charge in [0.2, 0.25) is 0 Å². The molecule has 2 aliphatic heterocycles. The van der Waals surface area contributed by atoms with E-state index in [1.54, 1.807) is 0 Å². The molecule has 378 valence electrons. The van der Waals surface area contributed by atoms with Gasteiger partial charge in [-0.3, -0.25) is 0 Å². The smallest absolute Gasteiger partial charge is 0.252 e. The molecule has 3 nitrogen and oxygen atoms in total. The Kier molecular flexibility index (Phi) is 11.8. The second-order valence-corrected chi connectivity index (χ2v) is 27.2. The van der Waals surface area contributed by atoms with E-state index >= 15 is 0 Å². The van der Waals surface area contributed by atoms with Crippen LogP contribution < -0.4 is 26.2 Å². The van der Waals surface area contributed by atoms with Crippen molar-refractivity contribution in [3.8, 4) is 5.69 Å². The zero-order valence-electron chi connectivity index (χ0n) is 46.8. The van der Waals surface area contributed by atoms with Gasteiger partial charge in [0.05, 0.1) is 22.4 Å². The van der Waals surface area contributed by atoms with E-state index < -0.39 is 0 Å². The summed E-state index contributed by atoms with van der Waals surface area (Å²) in [7, 11) is 0. The Bertz CT molecular complexity index is 3340. The van der Waals surface area contributed by atoms with Crippen LogP contribution in [0.25, 0.3) is 27.5 Å². The average molecular weight is 974 g/mol. The van der Waals surface area contributed by atoms with Crippen molar-refractivity contribution in [2.24, 2.45) is 0 Å². The van der Waals surface area contributed by atoms with Crippen LogP contribution in [0.5, 0.6) is 0 Å². The number of aromatic nitrogens is 1. The van der Waals surface area contributed by atoms with E-state index in [2.05, 4.69) is 231 Å². The summed E-state index contributed by atoms with van der Waals surface area (Å²) in [5.74, 6) is 1.25. The number of nitrogens with zero attached hydrogens (tertiary/aromatic N) is 3. The molecule has 3 heterocycles. The normalized spacial score (nSPS) is 16.7. The third-order valence-corrected chi connectivity index (χ3v) is 18.0. The maximum Gasteiger partial charge on any atom is 0.252 e. The maximum atomic E-state index is 2.68. The average Bonchev–Trinajstić information content (AvgIpc) is 3.75. The van der Waals surface area contributed by atoms with Gasteiger partial charge >= 0.3 is 0 Å². The Balaban J connectivity index is 1.21. The Morgan fingerprint density at radius 3 is 1.18 bits per heavy atom. The summed E-state index contributed by atoms with van der Waals surface area (Å²) in [6, 6.07) is 54.2. The Morgan fingerprint density at radius 1 is 0.365 bits per heavy atom. The molecule has 7 aromatic carbocycles. The lowest BCUT2D eigenvalue weighted by Crippen LogP contribution is -2.62. The van der Waals surface area contributed by atoms with Crippen molar-refractivity contribution in [3.63, 3.8) is 0 Å². The van der Waals surface area contributed by atoms with Crippen LogP contribution in [-0.2, 0) is 21.7 Å². The molecule has 0 radical (unpaired) electrons. The number of rotatable bonds is 5. The van der Waals surface area contributed by atoms with Gasteiger partial charge in [0, 0.05) is 39.2 Å². The second kappa shape index (κ2) is 17.8. The van der Waals surface area contributed by atoms with Crippen LogP contribution in [0.15, 0.2) is 133 Å². The van der Waals surface area contributed by atoms with Gasteiger partial charge in [0.25, 0.3) is 6.71 Å². The van der Waals surface area contributed by atoms with Gasteiger partial charge in [-0.05, 0) is 182 Å². The standard InChI is InChI=1S/C70H80BN3/c1-67(2,3)49-25-31-53(32-26-49)72-61-37-29-51(69(7,8)9)43-57(61)71-58-44-52(70(10,11)12)30-38-62(58)73(54-33-27-50(28-34-54)68(4,5)6)66-64(40-39-63(72)65(66)71)74-59-35-23-47(45-19-15-13-16-20-45)41-55(59)56-42-48(24-36-60(56)74)46-21-17-14-18-22-46/h23-46H,13-22H2,1-12H3. The number of fused-ring (bicyclic) bond motifs is 7. The summed E-state index contributed by atoms with van der Waals surface area (Å²) >= 11 is 0. The minimum absolute atomic E-state index is 0.0198. The molecule has 0 bridgehead atoms. The number of hydrogen-bond acceptors (Lipinski definition) is 2. The minimum atomic E-state index is -0.0410. The van der Waals surface area contributed by atoms with Crippen molar-refractivity contribution in [2.45, 2.75) is 181 Å². The maximum absolute atomic E-state index is 2.68. The molecular formula is C70H80BN3. The van der Waals surface area contributed by atoms with E-state index in [9.17, 15) is 0 Å². The van der Waals surface area contributed by atoms with Crippen molar-refractivity contribution in [2.75, 3.05) is 9.80 Å². The number of anilines is 6. The van der Waals surface area contributed by atoms with E-state index in [4.69, 9.17) is 0 Å². The number of benzene rings is 7. The molecule has 0 atom stereocenters. The van der Waals surface area contributed by atoms with Crippen molar-refractivity contribution in [3.05, 3.63) is 167 Å². The zero-order valence-corrected chi connectivity index (χ0v) is 46.8. The Labute approximate surface area is 444 Å². The molecule has 4 heteroatoms. The molecule has 0 saturated heterocycles. The van der Waals surface area contributed by atoms with Crippen LogP contribution in [0.4, 0.5) is 34.1 Å². The highest BCUT2D eigenvalue weighted by atomic mass is 15.2. The molecule has 2 aliphatic carbocycles. The molecule has 0 unspecified atom stereocenters. The molecule has 2 saturated carbocycles. The fourth-order valence-electron chi connectivity index (χ4n) is 13.6. The van der Waals surface area contributed by atoms with E-state index in [1.165, 1.54) is 176 Å². The van der Waals surface area contributed by atoms with Gasteiger partial charge in [0.15, 0.2) is 0 Å². The third kappa shape index (κ3) is 8.33. The first kappa shape index (κ1) is 48.9. The van der Waals surface area contributed by atoms with E-state index in [1.807, 2.05) is 0 Å². The monoisotopic (exact) mass is 974 g/mol. The molecule has 1 aromatic heterocycles. The fraction of sp³-hybridized carbons (Fsp3) is 0.400. The lowest BCUT2D eigenvalue weighted by atomic mass is 9.33. The number of hydrogen-bond donors (Lipinski definition) is 0. The molecule has 12 rings (SSSR count). The van der Waals surface area contributed by atoms with Gasteiger partial charge in [-0.25, -0.2) is 0 Å². The van der Waals surface area contributed by atoms with E-state index in [-0.39, 0.29) is 28.4 Å². The van der Waals surface area contributed by atoms with Crippen LogP contribution in [0.1, 0.15) is 193 Å². The first-order valence-electron chi connectivity index (χ1n) is 28.6. The van der Waals surface area contributed by atoms with Crippen LogP contribution >= 0.6 is 0 Å². The van der Waals surface area contributed by atoms with Gasteiger partial charge in [-0.15, -0.1) is 0 Å². The van der Waals surface area contributed by atoms with E-state index in [0.717, 1.165) is 0 Å². The van der Waals surface area contributed by atoms with Gasteiger partial charge < -0.3 is 14.4 Å². The molecule has 0 amide bonds. The lowest BCUT2D eigenvalue weighted by Gasteiger charge is -2.45. The second-order valence-electron chi connectivity index (χ2n) is 27.2. The van der Waals surface area contributed by atoms with Crippen LogP contribution in [-0.4, -0.2) is 11.3 Å². The van der Waals surface area contributed by atoms with Gasteiger partial charge in [-0.1, -0.05) is 182 Å². The molecule has 4 aliphatic rings. The highest BCUT2D eigenvalue weighted by molar-refractivity contribution is 7.00. The summed E-state index contributed by atoms with van der Waals surface area (Å²) in [4.78, 5) is 5.27. The van der Waals surface area contributed by atoms with Crippen molar-refractivity contribution >= 4 is 79.0 Å². The summed E-state index contributed by atoms with van der Waals surface area (Å²) in [6.45, 7) is 28.1. The van der Waals surface area contributed by atoms with Crippen molar-refractivity contribution in [1.82, 2.24) is 4.57 Å². The lowest BCUT2D eigenvalue weighted by molar-refractivity contribution is 0.444. The summed E-state index contributed by atoms with van der Waals surface area (Å²) in [6.07, 6.45) is 13.2. The molecule has 0 spiro atoms. The van der Waals surface area contributed by atoms with Crippen molar-refractivity contribution < 1.29 is 0 Å². The molecule has 2 fully saturated rings. The molecule has 8 aromatic rings. The molecular weight excluding hydrogens is 894 g/mol. The van der Waals surface area contributed by atoms with Crippen LogP contribution in [0.2, 0.25) is 0 Å². The molecule has 0 N–H and O–H groups in total. The Hall–Kier alpha value is -6.00. The zero-order chi connectivity index (χ0) is 51.6. The predicted molar refractivity (Wildman–Crippen MR) is 321 cm³/mol. The Morgan fingerprint density at radius 2 is 0.743 bits per heavy atom. The summed E-state index contributed by atoms with van der Waals surface area (Å²) in [5.41, 5.74) is 23.8. The quantitative estimate of drug-likeness (QED) is 0.159. The SMILES string of the molecule is CC(C)(C)c1ccc(N2c3ccc(C(C)(C)C)cc3B3c4cc(C(C)(C)C)ccc4N(c4ccc(C(C)(C)C)cc4)c4c(-n5c6ccc(C7CCCCC7)cc6c6cc(C7CCCCC7)ccc65)ccc2c43)cc1.